The van der Waals surface area contributed by atoms with Crippen molar-refractivity contribution in [3.63, 3.8) is 0 Å². The van der Waals surface area contributed by atoms with Gasteiger partial charge in [-0.15, -0.1) is 0 Å². The Morgan fingerprint density at radius 3 is 2.45 bits per heavy atom. The van der Waals surface area contributed by atoms with Crippen LogP contribution >= 0.6 is 39.1 Å². The smallest absolute Gasteiger partial charge is 0.266 e. The molecule has 20 heavy (non-hydrogen) atoms. The number of sulfonamides is 1. The zero-order valence-corrected chi connectivity index (χ0v) is 13.6. The van der Waals surface area contributed by atoms with E-state index in [1.165, 1.54) is 6.07 Å². The summed E-state index contributed by atoms with van der Waals surface area (Å²) >= 11 is 14.8. The van der Waals surface area contributed by atoms with Crippen LogP contribution in [0.15, 0.2) is 44.6 Å². The lowest BCUT2D eigenvalue weighted by atomic mass is 10.3. The molecule has 1 aromatic carbocycles. The largest absolute Gasteiger partial charge is 0.326 e. The molecule has 1 aromatic heterocycles. The van der Waals surface area contributed by atoms with E-state index in [9.17, 15) is 13.2 Å². The molecule has 2 N–H and O–H groups in total. The van der Waals surface area contributed by atoms with Crippen LogP contribution in [0.1, 0.15) is 0 Å². The van der Waals surface area contributed by atoms with Crippen LogP contribution in [0.2, 0.25) is 10.0 Å². The number of pyridine rings is 1. The monoisotopic (exact) mass is 396 g/mol. The van der Waals surface area contributed by atoms with Crippen LogP contribution in [0.3, 0.4) is 0 Å². The Hall–Kier alpha value is -1.02. The van der Waals surface area contributed by atoms with Crippen LogP contribution in [0, 0.1) is 0 Å². The van der Waals surface area contributed by atoms with Crippen molar-refractivity contribution < 1.29 is 8.42 Å². The number of nitrogens with one attached hydrogen (secondary N) is 2. The van der Waals surface area contributed by atoms with Gasteiger partial charge in [0, 0.05) is 10.7 Å². The fourth-order valence-electron chi connectivity index (χ4n) is 1.37. The standard InChI is InChI=1S/C11H7BrCl2N2O3S/c12-6-1-2-10(8(13)3-6)16-20(18,19)7-4-9(14)11(17)15-5-7/h1-5,16H,(H,15,17). The quantitative estimate of drug-likeness (QED) is 0.834. The van der Waals surface area contributed by atoms with Crippen molar-refractivity contribution in [2.45, 2.75) is 4.90 Å². The van der Waals surface area contributed by atoms with Gasteiger partial charge in [-0.2, -0.15) is 0 Å². The van der Waals surface area contributed by atoms with E-state index >= 15 is 0 Å². The molecular weight excluding hydrogens is 391 g/mol. The van der Waals surface area contributed by atoms with Crippen molar-refractivity contribution in [2.24, 2.45) is 0 Å². The van der Waals surface area contributed by atoms with Crippen LogP contribution in [0.4, 0.5) is 5.69 Å². The first-order valence-electron chi connectivity index (χ1n) is 5.16. The summed E-state index contributed by atoms with van der Waals surface area (Å²) in [5.74, 6) is 0. The van der Waals surface area contributed by atoms with Crippen LogP contribution in [0.5, 0.6) is 0 Å². The molecule has 0 aliphatic rings. The second kappa shape index (κ2) is 5.77. The highest BCUT2D eigenvalue weighted by Gasteiger charge is 2.17. The highest BCUT2D eigenvalue weighted by atomic mass is 79.9. The second-order valence-corrected chi connectivity index (χ2v) is 7.15. The molecule has 0 aliphatic heterocycles. The van der Waals surface area contributed by atoms with E-state index in [2.05, 4.69) is 25.6 Å². The molecule has 9 heteroatoms. The van der Waals surface area contributed by atoms with Crippen molar-refractivity contribution in [1.82, 2.24) is 4.98 Å². The van der Waals surface area contributed by atoms with Gasteiger partial charge in [0.2, 0.25) is 0 Å². The summed E-state index contributed by atoms with van der Waals surface area (Å²) < 4.78 is 27.3. The fourth-order valence-corrected chi connectivity index (χ4v) is 3.45. The summed E-state index contributed by atoms with van der Waals surface area (Å²) in [5.41, 5.74) is -0.343. The van der Waals surface area contributed by atoms with Crippen molar-refractivity contribution in [2.75, 3.05) is 4.72 Å². The lowest BCUT2D eigenvalue weighted by Gasteiger charge is -2.09. The minimum Gasteiger partial charge on any atom is -0.326 e. The number of H-pyrrole nitrogens is 1. The van der Waals surface area contributed by atoms with Gasteiger partial charge in [-0.1, -0.05) is 39.1 Å². The van der Waals surface area contributed by atoms with Gasteiger partial charge in [0.25, 0.3) is 15.6 Å². The fraction of sp³-hybridized carbons (Fsp3) is 0. The van der Waals surface area contributed by atoms with E-state index in [4.69, 9.17) is 23.2 Å². The summed E-state index contributed by atoms with van der Waals surface area (Å²) in [4.78, 5) is 13.2. The van der Waals surface area contributed by atoms with Gasteiger partial charge >= 0.3 is 0 Å². The number of aromatic nitrogens is 1. The van der Waals surface area contributed by atoms with E-state index in [-0.39, 0.29) is 20.6 Å². The van der Waals surface area contributed by atoms with E-state index < -0.39 is 15.6 Å². The molecule has 0 saturated carbocycles. The number of benzene rings is 1. The first-order chi connectivity index (χ1) is 9.29. The molecule has 0 fully saturated rings. The molecule has 1 heterocycles. The minimum absolute atomic E-state index is 0.166. The number of aromatic amines is 1. The number of halogens is 3. The average molecular weight is 398 g/mol. The molecule has 0 aliphatic carbocycles. The predicted octanol–water partition coefficient (Wildman–Crippen LogP) is 3.25. The first-order valence-corrected chi connectivity index (χ1v) is 8.19. The molecule has 0 amide bonds. The maximum atomic E-state index is 12.1. The number of anilines is 1. The second-order valence-electron chi connectivity index (χ2n) is 3.74. The molecular formula is C11H7BrCl2N2O3S. The summed E-state index contributed by atoms with van der Waals surface area (Å²) in [5, 5.41) is 0.0215. The molecule has 0 unspecified atom stereocenters. The number of rotatable bonds is 3. The van der Waals surface area contributed by atoms with Crippen LogP contribution in [0.25, 0.3) is 0 Å². The average Bonchev–Trinajstić information content (AvgIpc) is 2.36. The van der Waals surface area contributed by atoms with E-state index in [0.717, 1.165) is 16.7 Å². The van der Waals surface area contributed by atoms with Crippen LogP contribution in [-0.4, -0.2) is 13.4 Å². The van der Waals surface area contributed by atoms with Crippen molar-refractivity contribution in [1.29, 1.82) is 0 Å². The van der Waals surface area contributed by atoms with Crippen LogP contribution < -0.4 is 10.3 Å². The highest BCUT2D eigenvalue weighted by molar-refractivity contribution is 9.10. The van der Waals surface area contributed by atoms with Gasteiger partial charge < -0.3 is 4.98 Å². The van der Waals surface area contributed by atoms with Crippen molar-refractivity contribution in [3.8, 4) is 0 Å². The maximum absolute atomic E-state index is 12.1. The zero-order valence-electron chi connectivity index (χ0n) is 9.65. The molecule has 2 aromatic rings. The third-order valence-electron chi connectivity index (χ3n) is 2.32. The van der Waals surface area contributed by atoms with E-state index in [1.807, 2.05) is 0 Å². The van der Waals surface area contributed by atoms with E-state index in [1.54, 1.807) is 12.1 Å². The molecule has 5 nitrogen and oxygen atoms in total. The Morgan fingerprint density at radius 2 is 1.85 bits per heavy atom. The van der Waals surface area contributed by atoms with E-state index in [0.29, 0.717) is 0 Å². The molecule has 0 spiro atoms. The minimum atomic E-state index is -3.89. The third kappa shape index (κ3) is 3.35. The predicted molar refractivity (Wildman–Crippen MR) is 82.0 cm³/mol. The van der Waals surface area contributed by atoms with Gasteiger partial charge in [-0.05, 0) is 24.3 Å². The van der Waals surface area contributed by atoms with Gasteiger partial charge in [-0.3, -0.25) is 9.52 Å². The Morgan fingerprint density at radius 1 is 1.15 bits per heavy atom. The molecule has 0 atom stereocenters. The first kappa shape index (κ1) is 15.4. The number of hydrogen-bond donors (Lipinski definition) is 2. The summed E-state index contributed by atoms with van der Waals surface area (Å²) in [7, 11) is -3.89. The van der Waals surface area contributed by atoms with Crippen molar-refractivity contribution >= 4 is 54.8 Å². The summed E-state index contributed by atoms with van der Waals surface area (Å²) in [6.45, 7) is 0. The SMILES string of the molecule is O=c1[nH]cc(S(=O)(=O)Nc2ccc(Br)cc2Cl)cc1Cl. The molecule has 0 bridgehead atoms. The Kier molecular flexibility index (Phi) is 4.43. The van der Waals surface area contributed by atoms with Crippen molar-refractivity contribution in [3.05, 3.63) is 55.3 Å². The Labute approximate surface area is 133 Å². The van der Waals surface area contributed by atoms with Gasteiger partial charge in [-0.25, -0.2) is 8.42 Å². The molecule has 0 radical (unpaired) electrons. The maximum Gasteiger partial charge on any atom is 0.266 e. The Balaban J connectivity index is 2.40. The van der Waals surface area contributed by atoms with Gasteiger partial charge in [0.15, 0.2) is 0 Å². The lowest BCUT2D eigenvalue weighted by molar-refractivity contribution is 0.600. The molecule has 2 rings (SSSR count). The topological polar surface area (TPSA) is 79.0 Å². The summed E-state index contributed by atoms with van der Waals surface area (Å²) in [6, 6.07) is 5.77. The lowest BCUT2D eigenvalue weighted by Crippen LogP contribution is -2.16. The number of hydrogen-bond acceptors (Lipinski definition) is 3. The Bertz CT molecular complexity index is 821. The molecule has 106 valence electrons. The zero-order chi connectivity index (χ0) is 14.9. The van der Waals surface area contributed by atoms with Crippen LogP contribution in [-0.2, 0) is 10.0 Å². The van der Waals surface area contributed by atoms with Gasteiger partial charge in [0.05, 0.1) is 10.7 Å². The summed E-state index contributed by atoms with van der Waals surface area (Å²) in [6.07, 6.45) is 1.06. The van der Waals surface area contributed by atoms with Gasteiger partial charge in [0.1, 0.15) is 9.92 Å². The normalized spacial score (nSPS) is 11.3. The third-order valence-corrected chi connectivity index (χ3v) is 4.75. The highest BCUT2D eigenvalue weighted by Crippen LogP contribution is 2.27. The molecule has 0 saturated heterocycles.